The van der Waals surface area contributed by atoms with E-state index in [0.29, 0.717) is 17.9 Å². The Morgan fingerprint density at radius 1 is 1.33 bits per heavy atom. The molecular formula is C15H24N2O. The van der Waals surface area contributed by atoms with E-state index in [1.54, 1.807) is 0 Å². The minimum Gasteiger partial charge on any atom is -0.464 e. The molecule has 0 aromatic carbocycles. The first kappa shape index (κ1) is 12.2. The Bertz CT molecular complexity index is 414. The van der Waals surface area contributed by atoms with Crippen LogP contribution in [-0.4, -0.2) is 24.0 Å². The van der Waals surface area contributed by atoms with Crippen LogP contribution in [-0.2, 0) is 6.54 Å². The molecule has 0 spiro atoms. The second kappa shape index (κ2) is 4.71. The highest BCUT2D eigenvalue weighted by molar-refractivity contribution is 5.17. The monoisotopic (exact) mass is 248 g/mol. The Morgan fingerprint density at radius 3 is 2.78 bits per heavy atom. The summed E-state index contributed by atoms with van der Waals surface area (Å²) in [5.41, 5.74) is 6.05. The third-order valence-electron chi connectivity index (χ3n) is 4.59. The normalized spacial score (nSPS) is 36.8. The van der Waals surface area contributed by atoms with Gasteiger partial charge in [0.2, 0.25) is 0 Å². The second-order valence-corrected chi connectivity index (χ2v) is 6.29. The van der Waals surface area contributed by atoms with Crippen molar-refractivity contribution in [1.29, 1.82) is 0 Å². The molecule has 1 aliphatic carbocycles. The number of hydrogen-bond acceptors (Lipinski definition) is 3. The topological polar surface area (TPSA) is 42.4 Å². The first-order valence-electron chi connectivity index (χ1n) is 7.20. The van der Waals surface area contributed by atoms with Crippen molar-refractivity contribution in [3.8, 4) is 0 Å². The zero-order valence-electron chi connectivity index (χ0n) is 11.4. The van der Waals surface area contributed by atoms with E-state index in [4.69, 9.17) is 10.2 Å². The van der Waals surface area contributed by atoms with Gasteiger partial charge >= 0.3 is 0 Å². The van der Waals surface area contributed by atoms with Crippen molar-refractivity contribution in [1.82, 2.24) is 4.90 Å². The molecule has 2 fully saturated rings. The maximum Gasteiger partial charge on any atom is 0.118 e. The molecule has 0 radical (unpaired) electrons. The molecule has 1 saturated heterocycles. The summed E-state index contributed by atoms with van der Waals surface area (Å²) in [6.07, 6.45) is 2.40. The van der Waals surface area contributed by atoms with Crippen LogP contribution < -0.4 is 5.73 Å². The largest absolute Gasteiger partial charge is 0.464 e. The fourth-order valence-electron chi connectivity index (χ4n) is 3.01. The van der Waals surface area contributed by atoms with E-state index in [2.05, 4.69) is 30.9 Å². The lowest BCUT2D eigenvalue weighted by molar-refractivity contribution is 0.147. The van der Waals surface area contributed by atoms with Gasteiger partial charge in [-0.25, -0.2) is 0 Å². The minimum atomic E-state index is 0.376. The molecule has 100 valence electrons. The van der Waals surface area contributed by atoms with Crippen LogP contribution in [0, 0.1) is 11.8 Å². The summed E-state index contributed by atoms with van der Waals surface area (Å²) in [7, 11) is 0. The van der Waals surface area contributed by atoms with Crippen LogP contribution in [0.2, 0.25) is 0 Å². The van der Waals surface area contributed by atoms with Gasteiger partial charge in [0.05, 0.1) is 6.54 Å². The van der Waals surface area contributed by atoms with E-state index in [1.165, 1.54) is 12.2 Å². The van der Waals surface area contributed by atoms with Gasteiger partial charge in [-0.3, -0.25) is 4.90 Å². The van der Waals surface area contributed by atoms with E-state index < -0.39 is 0 Å². The third-order valence-corrected chi connectivity index (χ3v) is 4.59. The highest BCUT2D eigenvalue weighted by atomic mass is 16.3. The van der Waals surface area contributed by atoms with Gasteiger partial charge in [-0.15, -0.1) is 0 Å². The van der Waals surface area contributed by atoms with Gasteiger partial charge in [-0.2, -0.15) is 0 Å². The summed E-state index contributed by atoms with van der Waals surface area (Å²) < 4.78 is 5.97. The highest BCUT2D eigenvalue weighted by Crippen LogP contribution is 2.47. The Morgan fingerprint density at radius 2 is 2.11 bits per heavy atom. The lowest BCUT2D eigenvalue weighted by atomic mass is 9.95. The maximum absolute atomic E-state index is 6.05. The zero-order valence-corrected chi connectivity index (χ0v) is 11.4. The molecule has 2 N–H and O–H groups in total. The molecule has 1 aromatic rings. The number of nitrogens with zero attached hydrogens (tertiary/aromatic N) is 1. The van der Waals surface area contributed by atoms with Gasteiger partial charge in [0.25, 0.3) is 0 Å². The number of nitrogens with two attached hydrogens (primary N) is 1. The Labute approximate surface area is 109 Å². The molecule has 1 aromatic heterocycles. The van der Waals surface area contributed by atoms with E-state index >= 15 is 0 Å². The van der Waals surface area contributed by atoms with E-state index in [1.807, 2.05) is 0 Å². The number of rotatable bonds is 3. The molecule has 1 aliphatic heterocycles. The molecule has 4 atom stereocenters. The molecular weight excluding hydrogens is 224 g/mol. The summed E-state index contributed by atoms with van der Waals surface area (Å²) in [4.78, 5) is 2.47. The van der Waals surface area contributed by atoms with E-state index in [-0.39, 0.29) is 0 Å². The molecule has 2 aliphatic rings. The van der Waals surface area contributed by atoms with Gasteiger partial charge in [-0.1, -0.05) is 13.8 Å². The van der Waals surface area contributed by atoms with Crippen LogP contribution in [0.1, 0.15) is 44.1 Å². The van der Waals surface area contributed by atoms with Crippen molar-refractivity contribution in [2.24, 2.45) is 17.6 Å². The predicted molar refractivity (Wildman–Crippen MR) is 72.3 cm³/mol. The summed E-state index contributed by atoms with van der Waals surface area (Å²) in [6, 6.07) is 4.70. The quantitative estimate of drug-likeness (QED) is 0.894. The van der Waals surface area contributed by atoms with Gasteiger partial charge < -0.3 is 10.2 Å². The third kappa shape index (κ3) is 2.47. The van der Waals surface area contributed by atoms with Gasteiger partial charge in [0, 0.05) is 25.0 Å². The first-order chi connectivity index (χ1) is 8.63. The van der Waals surface area contributed by atoms with Crippen molar-refractivity contribution in [2.45, 2.75) is 45.2 Å². The molecule has 4 unspecified atom stereocenters. The summed E-state index contributed by atoms with van der Waals surface area (Å²) in [5.74, 6) is 4.41. The fourth-order valence-corrected chi connectivity index (χ4v) is 3.01. The van der Waals surface area contributed by atoms with Crippen LogP contribution in [0.5, 0.6) is 0 Å². The molecule has 3 nitrogen and oxygen atoms in total. The van der Waals surface area contributed by atoms with Crippen molar-refractivity contribution in [2.75, 3.05) is 13.1 Å². The van der Waals surface area contributed by atoms with Gasteiger partial charge in [0.1, 0.15) is 11.5 Å². The van der Waals surface area contributed by atoms with E-state index in [9.17, 15) is 0 Å². The average molecular weight is 248 g/mol. The number of furan rings is 1. The number of piperidine rings is 1. The maximum atomic E-state index is 6.05. The first-order valence-corrected chi connectivity index (χ1v) is 7.20. The minimum absolute atomic E-state index is 0.376. The van der Waals surface area contributed by atoms with Crippen molar-refractivity contribution < 1.29 is 4.42 Å². The van der Waals surface area contributed by atoms with Crippen LogP contribution in [0.3, 0.4) is 0 Å². The predicted octanol–water partition coefficient (Wildman–Crippen LogP) is 2.57. The van der Waals surface area contributed by atoms with E-state index in [0.717, 1.165) is 37.7 Å². The molecule has 0 bridgehead atoms. The summed E-state index contributed by atoms with van der Waals surface area (Å²) in [5, 5.41) is 0. The van der Waals surface area contributed by atoms with Crippen LogP contribution >= 0.6 is 0 Å². The number of hydrogen-bond donors (Lipinski definition) is 1. The van der Waals surface area contributed by atoms with Gasteiger partial charge in [-0.05, 0) is 36.8 Å². The molecule has 3 rings (SSSR count). The fraction of sp³-hybridized carbons (Fsp3) is 0.733. The Hall–Kier alpha value is -0.800. The average Bonchev–Trinajstić information content (AvgIpc) is 2.88. The number of likely N-dealkylation sites (tertiary alicyclic amines) is 1. The second-order valence-electron chi connectivity index (χ2n) is 6.29. The lowest BCUT2D eigenvalue weighted by Crippen LogP contribution is -2.45. The molecule has 2 heterocycles. The Kier molecular flexibility index (Phi) is 3.20. The van der Waals surface area contributed by atoms with Crippen LogP contribution in [0.25, 0.3) is 0 Å². The molecule has 0 amide bonds. The lowest BCUT2D eigenvalue weighted by Gasteiger charge is -2.34. The van der Waals surface area contributed by atoms with Crippen molar-refractivity contribution in [3.05, 3.63) is 23.7 Å². The highest BCUT2D eigenvalue weighted by Gasteiger charge is 2.36. The SMILES string of the molecule is CC1CN(Cc2ccc(C3CC3C)o2)CCC1N. The molecule has 18 heavy (non-hydrogen) atoms. The molecule has 3 heteroatoms. The molecule has 1 saturated carbocycles. The zero-order chi connectivity index (χ0) is 12.7. The van der Waals surface area contributed by atoms with Crippen LogP contribution in [0.4, 0.5) is 0 Å². The summed E-state index contributed by atoms with van der Waals surface area (Å²) >= 11 is 0. The summed E-state index contributed by atoms with van der Waals surface area (Å²) in [6.45, 7) is 7.67. The standard InChI is InChI=1S/C15H24N2O/c1-10-7-13(10)15-4-3-12(18-15)9-17-6-5-14(16)11(2)8-17/h3-4,10-11,13-14H,5-9,16H2,1-2H3. The van der Waals surface area contributed by atoms with Crippen molar-refractivity contribution in [3.63, 3.8) is 0 Å². The van der Waals surface area contributed by atoms with Gasteiger partial charge in [0.15, 0.2) is 0 Å². The smallest absolute Gasteiger partial charge is 0.118 e. The van der Waals surface area contributed by atoms with Crippen molar-refractivity contribution >= 4 is 0 Å². The van der Waals surface area contributed by atoms with Crippen LogP contribution in [0.15, 0.2) is 16.5 Å². The Balaban J connectivity index is 1.58.